The van der Waals surface area contributed by atoms with Crippen molar-refractivity contribution in [2.75, 3.05) is 17.3 Å². The van der Waals surface area contributed by atoms with Gasteiger partial charge in [-0.05, 0) is 36.7 Å². The lowest BCUT2D eigenvalue weighted by atomic mass is 9.86. The Labute approximate surface area is 134 Å². The molecule has 1 saturated heterocycles. The number of carbonyl (C=O) groups is 2. The molecule has 1 heterocycles. The molecule has 0 aromatic heterocycles. The summed E-state index contributed by atoms with van der Waals surface area (Å²) in [6.45, 7) is 0. The third-order valence-electron chi connectivity index (χ3n) is 3.59. The van der Waals surface area contributed by atoms with E-state index in [-0.39, 0.29) is 11.7 Å². The molecule has 1 atom stereocenters. The first-order chi connectivity index (χ1) is 9.83. The molecule has 0 bridgehead atoms. The molecule has 0 unspecified atom stereocenters. The number of rotatable bonds is 3. The third kappa shape index (κ3) is 4.58. The zero-order valence-electron chi connectivity index (χ0n) is 11.4. The van der Waals surface area contributed by atoms with Crippen molar-refractivity contribution < 1.29 is 22.8 Å². The summed E-state index contributed by atoms with van der Waals surface area (Å²) in [6, 6.07) is 0. The average molecular weight is 358 g/mol. The van der Waals surface area contributed by atoms with Gasteiger partial charge in [-0.25, -0.2) is 0 Å². The van der Waals surface area contributed by atoms with Gasteiger partial charge in [0.25, 0.3) is 0 Å². The Morgan fingerprint density at radius 2 is 1.95 bits per heavy atom. The van der Waals surface area contributed by atoms with Crippen molar-refractivity contribution in [1.29, 1.82) is 0 Å². The van der Waals surface area contributed by atoms with Gasteiger partial charge in [-0.15, -0.1) is 23.5 Å². The van der Waals surface area contributed by atoms with Crippen LogP contribution in [0.5, 0.6) is 0 Å². The molecule has 0 aromatic carbocycles. The van der Waals surface area contributed by atoms with Crippen molar-refractivity contribution in [1.82, 2.24) is 0 Å². The molecule has 21 heavy (non-hydrogen) atoms. The maximum absolute atomic E-state index is 12.5. The lowest BCUT2D eigenvalue weighted by Gasteiger charge is -2.42. The number of Topliss-reactive ketones (excluding diaryl/α,β-unsaturated/α-hetero) is 1. The molecule has 2 aliphatic rings. The highest BCUT2D eigenvalue weighted by Crippen LogP contribution is 2.54. The minimum absolute atomic E-state index is 0.123. The first-order valence-corrected chi connectivity index (χ1v) is 9.83. The Hall–Kier alpha value is 0.180. The van der Waals surface area contributed by atoms with Crippen LogP contribution in [-0.2, 0) is 9.59 Å². The van der Waals surface area contributed by atoms with Crippen LogP contribution in [0.3, 0.4) is 0 Å². The molecule has 0 radical (unpaired) electrons. The van der Waals surface area contributed by atoms with Crippen LogP contribution in [0.2, 0.25) is 0 Å². The van der Waals surface area contributed by atoms with Gasteiger partial charge in [0.2, 0.25) is 5.12 Å². The Kier molecular flexibility index (Phi) is 5.99. The van der Waals surface area contributed by atoms with Crippen LogP contribution < -0.4 is 0 Å². The normalized spacial score (nSPS) is 26.6. The zero-order valence-corrected chi connectivity index (χ0v) is 13.9. The van der Waals surface area contributed by atoms with Crippen molar-refractivity contribution >= 4 is 46.2 Å². The molecule has 1 aliphatic carbocycles. The lowest BCUT2D eigenvalue weighted by molar-refractivity contribution is -0.122. The first-order valence-electron chi connectivity index (χ1n) is 6.87. The molecule has 0 spiro atoms. The van der Waals surface area contributed by atoms with Crippen molar-refractivity contribution in [2.45, 2.75) is 42.4 Å². The number of alkyl halides is 3. The van der Waals surface area contributed by atoms with Crippen LogP contribution in [-0.4, -0.2) is 38.4 Å². The molecule has 1 aliphatic heterocycles. The zero-order chi connectivity index (χ0) is 15.5. The van der Waals surface area contributed by atoms with Crippen LogP contribution in [0.4, 0.5) is 13.2 Å². The molecule has 0 amide bonds. The van der Waals surface area contributed by atoms with Crippen LogP contribution >= 0.6 is 35.3 Å². The Balaban J connectivity index is 2.12. The smallest absolute Gasteiger partial charge is 0.300 e. The van der Waals surface area contributed by atoms with Gasteiger partial charge in [0.05, 0.1) is 5.75 Å². The molecule has 2 rings (SSSR count). The van der Waals surface area contributed by atoms with Gasteiger partial charge in [0, 0.05) is 12.8 Å². The molecule has 120 valence electrons. The fraction of sp³-hybridized carbons (Fsp3) is 0.846. The minimum atomic E-state index is -4.34. The van der Waals surface area contributed by atoms with Crippen LogP contribution in [0.1, 0.15) is 32.1 Å². The highest BCUT2D eigenvalue weighted by Gasteiger charge is 2.49. The summed E-state index contributed by atoms with van der Waals surface area (Å²) in [7, 11) is 0. The lowest BCUT2D eigenvalue weighted by Crippen LogP contribution is -2.43. The number of ketones is 1. The second-order valence-electron chi connectivity index (χ2n) is 5.24. The monoisotopic (exact) mass is 358 g/mol. The number of hydrogen-bond acceptors (Lipinski definition) is 5. The highest BCUT2D eigenvalue weighted by molar-refractivity contribution is 8.25. The fourth-order valence-electron chi connectivity index (χ4n) is 2.67. The highest BCUT2D eigenvalue weighted by atomic mass is 32.2. The second-order valence-corrected chi connectivity index (χ2v) is 9.13. The summed E-state index contributed by atoms with van der Waals surface area (Å²) >= 11 is 3.27. The number of thioether (sulfide) groups is 3. The van der Waals surface area contributed by atoms with E-state index in [0.29, 0.717) is 24.6 Å². The van der Waals surface area contributed by atoms with Crippen LogP contribution in [0.25, 0.3) is 0 Å². The van der Waals surface area contributed by atoms with Crippen molar-refractivity contribution in [3.05, 3.63) is 0 Å². The molecule has 2 nitrogen and oxygen atoms in total. The summed E-state index contributed by atoms with van der Waals surface area (Å²) in [4.78, 5) is 24.2. The van der Waals surface area contributed by atoms with Gasteiger partial charge in [-0.2, -0.15) is 13.2 Å². The second kappa shape index (κ2) is 7.17. The molecule has 8 heteroatoms. The van der Waals surface area contributed by atoms with E-state index in [0.717, 1.165) is 30.8 Å². The van der Waals surface area contributed by atoms with E-state index in [4.69, 9.17) is 0 Å². The standard InChI is InChI=1S/C13H17F3O2S3/c14-12(15,16)8-19-11(18)13(20-5-2-6-21-13)9-3-1-4-10(17)7-9/h9H,1-8H2/t9-/m1/s1. The molecule has 1 saturated carbocycles. The Morgan fingerprint density at radius 1 is 1.29 bits per heavy atom. The summed E-state index contributed by atoms with van der Waals surface area (Å²) in [5.41, 5.74) is 0. The minimum Gasteiger partial charge on any atom is -0.300 e. The van der Waals surface area contributed by atoms with Gasteiger partial charge < -0.3 is 0 Å². The van der Waals surface area contributed by atoms with E-state index in [1.807, 2.05) is 0 Å². The van der Waals surface area contributed by atoms with Crippen molar-refractivity contribution in [3.8, 4) is 0 Å². The summed E-state index contributed by atoms with van der Waals surface area (Å²) < 4.78 is 36.3. The van der Waals surface area contributed by atoms with Crippen molar-refractivity contribution in [3.63, 3.8) is 0 Å². The molecule has 0 aromatic rings. The molecule has 2 fully saturated rings. The quantitative estimate of drug-likeness (QED) is 0.758. The van der Waals surface area contributed by atoms with Gasteiger partial charge in [-0.3, -0.25) is 9.59 Å². The average Bonchev–Trinajstić information content (AvgIpc) is 2.44. The third-order valence-corrected chi connectivity index (χ3v) is 8.49. The van der Waals surface area contributed by atoms with Gasteiger partial charge in [0.15, 0.2) is 0 Å². The number of hydrogen-bond donors (Lipinski definition) is 0. The van der Waals surface area contributed by atoms with E-state index in [9.17, 15) is 22.8 Å². The predicted octanol–water partition coefficient (Wildman–Crippen LogP) is 4.13. The maximum Gasteiger partial charge on any atom is 0.398 e. The molecule has 0 N–H and O–H groups in total. The van der Waals surface area contributed by atoms with Crippen LogP contribution in [0.15, 0.2) is 0 Å². The van der Waals surface area contributed by atoms with Gasteiger partial charge >= 0.3 is 6.18 Å². The molecular formula is C13H17F3O2S3. The number of halogens is 3. The summed E-state index contributed by atoms with van der Waals surface area (Å²) in [5.74, 6) is 0.412. The summed E-state index contributed by atoms with van der Waals surface area (Å²) in [6.07, 6.45) is -1.03. The molecular weight excluding hydrogens is 341 g/mol. The topological polar surface area (TPSA) is 34.1 Å². The van der Waals surface area contributed by atoms with E-state index in [2.05, 4.69) is 0 Å². The SMILES string of the molecule is O=C1CCC[C@@H](C2(C(=O)SCC(F)(F)F)SCCCS2)C1. The Morgan fingerprint density at radius 3 is 2.52 bits per heavy atom. The van der Waals surface area contributed by atoms with E-state index >= 15 is 0 Å². The first kappa shape index (κ1) is 17.5. The van der Waals surface area contributed by atoms with Gasteiger partial charge in [0.1, 0.15) is 9.86 Å². The number of carbonyl (C=O) groups excluding carboxylic acids is 2. The van der Waals surface area contributed by atoms with E-state index in [1.54, 1.807) is 0 Å². The fourth-order valence-corrected chi connectivity index (χ4v) is 7.34. The van der Waals surface area contributed by atoms with Crippen LogP contribution in [0, 0.1) is 5.92 Å². The largest absolute Gasteiger partial charge is 0.398 e. The summed E-state index contributed by atoms with van der Waals surface area (Å²) in [5, 5.41) is -0.408. The van der Waals surface area contributed by atoms with E-state index in [1.165, 1.54) is 23.5 Å². The predicted molar refractivity (Wildman–Crippen MR) is 82.7 cm³/mol. The van der Waals surface area contributed by atoms with Gasteiger partial charge in [-0.1, -0.05) is 11.8 Å². The van der Waals surface area contributed by atoms with E-state index < -0.39 is 21.1 Å². The Bertz CT molecular complexity index is 406. The maximum atomic E-state index is 12.5. The van der Waals surface area contributed by atoms with Crippen molar-refractivity contribution in [2.24, 2.45) is 5.92 Å².